The zero-order valence-corrected chi connectivity index (χ0v) is 9.39. The van der Waals surface area contributed by atoms with E-state index in [-0.39, 0.29) is 0 Å². The van der Waals surface area contributed by atoms with Crippen molar-refractivity contribution >= 4 is 28.8 Å². The van der Waals surface area contributed by atoms with Crippen LogP contribution in [0.5, 0.6) is 0 Å². The predicted octanol–water partition coefficient (Wildman–Crippen LogP) is 2.91. The van der Waals surface area contributed by atoms with E-state index in [4.69, 9.17) is 23.2 Å². The van der Waals surface area contributed by atoms with E-state index in [2.05, 4.69) is 10.1 Å². The monoisotopic (exact) mass is 229 g/mol. The molecule has 0 radical (unpaired) electrons. The van der Waals surface area contributed by atoms with Gasteiger partial charge in [-0.05, 0) is 13.3 Å². The minimum Gasteiger partial charge on any atom is -0.216 e. The van der Waals surface area contributed by atoms with Gasteiger partial charge in [0.15, 0.2) is 5.65 Å². The zero-order valence-electron chi connectivity index (χ0n) is 7.88. The van der Waals surface area contributed by atoms with E-state index in [0.29, 0.717) is 16.0 Å². The number of hydrogen-bond acceptors (Lipinski definition) is 2. The second-order valence-corrected chi connectivity index (χ2v) is 3.79. The molecular weight excluding hydrogens is 221 g/mol. The van der Waals surface area contributed by atoms with Crippen LogP contribution in [0.1, 0.15) is 18.2 Å². The summed E-state index contributed by atoms with van der Waals surface area (Å²) in [6.45, 7) is 3.86. The van der Waals surface area contributed by atoms with E-state index in [9.17, 15) is 0 Å². The molecule has 0 fully saturated rings. The Morgan fingerprint density at radius 2 is 2.14 bits per heavy atom. The Morgan fingerprint density at radius 1 is 1.43 bits per heavy atom. The molecule has 0 amide bonds. The van der Waals surface area contributed by atoms with Crippen LogP contribution in [0.3, 0.4) is 0 Å². The van der Waals surface area contributed by atoms with Gasteiger partial charge in [-0.2, -0.15) is 5.10 Å². The van der Waals surface area contributed by atoms with Crippen LogP contribution in [0.15, 0.2) is 6.07 Å². The Hall–Kier alpha value is -0.800. The summed E-state index contributed by atoms with van der Waals surface area (Å²) in [6.07, 6.45) is 0.857. The molecule has 0 unspecified atom stereocenters. The van der Waals surface area contributed by atoms with Crippen LogP contribution in [0.4, 0.5) is 0 Å². The molecule has 2 aromatic heterocycles. The molecule has 3 nitrogen and oxygen atoms in total. The molecule has 0 saturated carbocycles. The molecule has 0 N–H and O–H groups in total. The molecule has 0 aliphatic rings. The van der Waals surface area contributed by atoms with Crippen LogP contribution >= 0.6 is 23.2 Å². The summed E-state index contributed by atoms with van der Waals surface area (Å²) in [5.74, 6) is 0. The van der Waals surface area contributed by atoms with Gasteiger partial charge >= 0.3 is 0 Å². The SMILES string of the molecule is CCc1cc2nc(Cl)c(C)c(Cl)n2n1. The van der Waals surface area contributed by atoms with Crippen molar-refractivity contribution in [2.75, 3.05) is 0 Å². The summed E-state index contributed by atoms with van der Waals surface area (Å²) in [4.78, 5) is 4.19. The van der Waals surface area contributed by atoms with Gasteiger partial charge in [0.2, 0.25) is 0 Å². The third kappa shape index (κ3) is 1.37. The first-order chi connectivity index (χ1) is 6.63. The van der Waals surface area contributed by atoms with E-state index in [1.165, 1.54) is 0 Å². The average Bonchev–Trinajstić information content (AvgIpc) is 2.57. The van der Waals surface area contributed by atoms with Gasteiger partial charge in [0.05, 0.1) is 5.69 Å². The molecule has 2 rings (SSSR count). The Bertz CT molecular complexity index is 490. The Morgan fingerprint density at radius 3 is 2.79 bits per heavy atom. The number of aromatic nitrogens is 3. The van der Waals surface area contributed by atoms with Crippen molar-refractivity contribution in [1.82, 2.24) is 14.6 Å². The van der Waals surface area contributed by atoms with E-state index in [1.54, 1.807) is 4.52 Å². The summed E-state index contributed by atoms with van der Waals surface area (Å²) in [5.41, 5.74) is 2.41. The fourth-order valence-corrected chi connectivity index (χ4v) is 1.68. The van der Waals surface area contributed by atoms with Crippen molar-refractivity contribution in [3.05, 3.63) is 27.6 Å². The summed E-state index contributed by atoms with van der Waals surface area (Å²) in [5, 5.41) is 5.26. The number of hydrogen-bond donors (Lipinski definition) is 0. The Kier molecular flexibility index (Phi) is 2.37. The summed E-state index contributed by atoms with van der Waals surface area (Å²) in [7, 11) is 0. The average molecular weight is 230 g/mol. The van der Waals surface area contributed by atoms with Crippen LogP contribution in [0.25, 0.3) is 5.65 Å². The second-order valence-electron chi connectivity index (χ2n) is 3.08. The molecule has 0 aromatic carbocycles. The first-order valence-corrected chi connectivity index (χ1v) is 5.09. The molecule has 0 bridgehead atoms. The molecule has 2 heterocycles. The molecule has 0 atom stereocenters. The lowest BCUT2D eigenvalue weighted by atomic mass is 10.3. The van der Waals surface area contributed by atoms with Crippen molar-refractivity contribution in [1.29, 1.82) is 0 Å². The molecule has 0 saturated heterocycles. The topological polar surface area (TPSA) is 30.2 Å². The maximum atomic E-state index is 6.08. The van der Waals surface area contributed by atoms with Crippen molar-refractivity contribution in [2.24, 2.45) is 0 Å². The van der Waals surface area contributed by atoms with Gasteiger partial charge in [-0.15, -0.1) is 0 Å². The molecule has 5 heteroatoms. The number of fused-ring (bicyclic) bond motifs is 1. The van der Waals surface area contributed by atoms with Crippen LogP contribution in [-0.4, -0.2) is 14.6 Å². The number of aryl methyl sites for hydroxylation is 1. The van der Waals surface area contributed by atoms with Gasteiger partial charge < -0.3 is 0 Å². The molecule has 0 spiro atoms. The Labute approximate surface area is 91.7 Å². The maximum absolute atomic E-state index is 6.08. The molecule has 0 aliphatic heterocycles. The highest BCUT2D eigenvalue weighted by molar-refractivity contribution is 6.34. The van der Waals surface area contributed by atoms with Crippen LogP contribution in [-0.2, 0) is 6.42 Å². The van der Waals surface area contributed by atoms with E-state index < -0.39 is 0 Å². The minimum absolute atomic E-state index is 0.435. The molecule has 2 aromatic rings. The van der Waals surface area contributed by atoms with Crippen molar-refractivity contribution < 1.29 is 0 Å². The third-order valence-corrected chi connectivity index (χ3v) is 2.93. The first-order valence-electron chi connectivity index (χ1n) is 4.33. The van der Waals surface area contributed by atoms with Gasteiger partial charge in [-0.1, -0.05) is 30.1 Å². The van der Waals surface area contributed by atoms with Gasteiger partial charge in [0.25, 0.3) is 0 Å². The fraction of sp³-hybridized carbons (Fsp3) is 0.333. The van der Waals surface area contributed by atoms with Gasteiger partial charge in [0, 0.05) is 11.6 Å². The normalized spacial score (nSPS) is 11.1. The van der Waals surface area contributed by atoms with Gasteiger partial charge in [-0.3, -0.25) is 0 Å². The number of halogens is 2. The summed E-state index contributed by atoms with van der Waals surface area (Å²) in [6, 6.07) is 1.89. The molecule has 14 heavy (non-hydrogen) atoms. The fourth-order valence-electron chi connectivity index (χ4n) is 1.24. The third-order valence-electron chi connectivity index (χ3n) is 2.12. The minimum atomic E-state index is 0.435. The quantitative estimate of drug-likeness (QED) is 0.705. The first kappa shape index (κ1) is 9.74. The second kappa shape index (κ2) is 3.41. The van der Waals surface area contributed by atoms with Crippen molar-refractivity contribution in [3.63, 3.8) is 0 Å². The van der Waals surface area contributed by atoms with Gasteiger partial charge in [-0.25, -0.2) is 9.50 Å². The lowest BCUT2D eigenvalue weighted by molar-refractivity contribution is 0.881. The van der Waals surface area contributed by atoms with Crippen molar-refractivity contribution in [2.45, 2.75) is 20.3 Å². The highest BCUT2D eigenvalue weighted by Gasteiger charge is 2.10. The van der Waals surface area contributed by atoms with Crippen LogP contribution in [0.2, 0.25) is 10.3 Å². The van der Waals surface area contributed by atoms with E-state index in [1.807, 2.05) is 19.9 Å². The number of rotatable bonds is 1. The lowest BCUT2D eigenvalue weighted by Gasteiger charge is -2.01. The predicted molar refractivity (Wildman–Crippen MR) is 57.1 cm³/mol. The highest BCUT2D eigenvalue weighted by Crippen LogP contribution is 2.23. The molecule has 74 valence electrons. The lowest BCUT2D eigenvalue weighted by Crippen LogP contribution is -1.96. The summed E-state index contributed by atoms with van der Waals surface area (Å²) < 4.78 is 1.61. The number of nitrogens with zero attached hydrogens (tertiary/aromatic N) is 3. The standard InChI is InChI=1S/C9H9Cl2N3/c1-3-6-4-7-12-8(10)5(2)9(11)14(7)13-6/h4H,3H2,1-2H3. The van der Waals surface area contributed by atoms with Crippen molar-refractivity contribution in [3.8, 4) is 0 Å². The van der Waals surface area contributed by atoms with Crippen LogP contribution < -0.4 is 0 Å². The van der Waals surface area contributed by atoms with E-state index in [0.717, 1.165) is 17.7 Å². The largest absolute Gasteiger partial charge is 0.216 e. The van der Waals surface area contributed by atoms with Gasteiger partial charge in [0.1, 0.15) is 10.3 Å². The highest BCUT2D eigenvalue weighted by atomic mass is 35.5. The van der Waals surface area contributed by atoms with E-state index >= 15 is 0 Å². The maximum Gasteiger partial charge on any atom is 0.158 e. The van der Waals surface area contributed by atoms with Crippen LogP contribution in [0, 0.1) is 6.92 Å². The molecular formula is C9H9Cl2N3. The summed E-state index contributed by atoms with van der Waals surface area (Å²) >= 11 is 12.0. The smallest absolute Gasteiger partial charge is 0.158 e. The zero-order chi connectivity index (χ0) is 10.3. The molecule has 0 aliphatic carbocycles. The Balaban J connectivity index is 2.81.